The molecule has 1 heterocycles. The zero-order valence-corrected chi connectivity index (χ0v) is 15.7. The number of imide groups is 1. The number of carboxylic acids is 1. The summed E-state index contributed by atoms with van der Waals surface area (Å²) in [5, 5.41) is 21.3. The summed E-state index contributed by atoms with van der Waals surface area (Å²) >= 11 is 1.28. The molecule has 26 heavy (non-hydrogen) atoms. The summed E-state index contributed by atoms with van der Waals surface area (Å²) < 4.78 is 0. The highest BCUT2D eigenvalue weighted by atomic mass is 32.2. The Balaban J connectivity index is 1.78. The van der Waals surface area contributed by atoms with E-state index < -0.39 is 24.1 Å². The first kappa shape index (κ1) is 20.8. The van der Waals surface area contributed by atoms with E-state index >= 15 is 0 Å². The third kappa shape index (κ3) is 6.32. The van der Waals surface area contributed by atoms with Crippen LogP contribution in [0.15, 0.2) is 12.2 Å². The van der Waals surface area contributed by atoms with Gasteiger partial charge in [0.25, 0.3) is 5.91 Å². The zero-order valence-electron chi connectivity index (χ0n) is 14.9. The average molecular weight is 384 g/mol. The summed E-state index contributed by atoms with van der Waals surface area (Å²) in [6.07, 6.45) is 9.67. The highest BCUT2D eigenvalue weighted by Gasteiger charge is 2.37. The van der Waals surface area contributed by atoms with Crippen LogP contribution >= 0.6 is 11.8 Å². The Hall–Kier alpha value is -1.54. The van der Waals surface area contributed by atoms with Crippen LogP contribution in [0.5, 0.6) is 0 Å². The molecule has 1 saturated carbocycles. The highest BCUT2D eigenvalue weighted by molar-refractivity contribution is 8.00. The predicted octanol–water partition coefficient (Wildman–Crippen LogP) is 2.00. The number of aliphatic carboxylic acids is 1. The van der Waals surface area contributed by atoms with Gasteiger partial charge < -0.3 is 15.1 Å². The number of thioether (sulfide) groups is 1. The third-order valence-corrected chi connectivity index (χ3v) is 5.87. The minimum atomic E-state index is -0.855. The van der Waals surface area contributed by atoms with Crippen molar-refractivity contribution in [3.8, 4) is 0 Å². The van der Waals surface area contributed by atoms with E-state index in [-0.39, 0.29) is 11.7 Å². The van der Waals surface area contributed by atoms with Crippen LogP contribution in [-0.4, -0.2) is 63.2 Å². The van der Waals surface area contributed by atoms with Gasteiger partial charge in [0.05, 0.1) is 11.9 Å². The number of hydrogen-bond donors (Lipinski definition) is 3. The number of carboxylic acid groups (broad SMARTS) is 1. The number of aliphatic hydroxyl groups excluding tert-OH is 1. The molecule has 2 fully saturated rings. The lowest BCUT2D eigenvalue weighted by Crippen LogP contribution is -2.38. The van der Waals surface area contributed by atoms with Gasteiger partial charge in [0.1, 0.15) is 6.04 Å². The summed E-state index contributed by atoms with van der Waals surface area (Å²) in [7, 11) is 0. The SMILES string of the molecule is O=C(O)CSC/C=C\CC1C(=O)NC(=O)N1CCC(O)C1CCCCC1. The fourth-order valence-electron chi connectivity index (χ4n) is 3.57. The van der Waals surface area contributed by atoms with Crippen LogP contribution in [0.3, 0.4) is 0 Å². The minimum absolute atomic E-state index is 0.0396. The highest BCUT2D eigenvalue weighted by Crippen LogP contribution is 2.28. The van der Waals surface area contributed by atoms with Crippen molar-refractivity contribution in [3.63, 3.8) is 0 Å². The Labute approximate surface area is 158 Å². The van der Waals surface area contributed by atoms with E-state index in [0.29, 0.717) is 31.1 Å². The largest absolute Gasteiger partial charge is 0.481 e. The quantitative estimate of drug-likeness (QED) is 0.302. The van der Waals surface area contributed by atoms with Gasteiger partial charge >= 0.3 is 12.0 Å². The summed E-state index contributed by atoms with van der Waals surface area (Å²) in [6.45, 7) is 0.363. The van der Waals surface area contributed by atoms with Gasteiger partial charge in [-0.2, -0.15) is 0 Å². The maximum absolute atomic E-state index is 12.0. The predicted molar refractivity (Wildman–Crippen MR) is 99.9 cm³/mol. The van der Waals surface area contributed by atoms with Crippen molar-refractivity contribution in [2.24, 2.45) is 5.92 Å². The molecule has 0 aromatic heterocycles. The van der Waals surface area contributed by atoms with Gasteiger partial charge in [-0.15, -0.1) is 11.8 Å². The van der Waals surface area contributed by atoms with E-state index in [1.165, 1.54) is 23.1 Å². The van der Waals surface area contributed by atoms with Crippen molar-refractivity contribution in [3.05, 3.63) is 12.2 Å². The molecule has 2 atom stereocenters. The number of nitrogens with one attached hydrogen (secondary N) is 1. The average Bonchev–Trinajstić information content (AvgIpc) is 2.89. The number of urea groups is 1. The van der Waals surface area contributed by atoms with Gasteiger partial charge in [-0.25, -0.2) is 4.79 Å². The maximum atomic E-state index is 12.0. The second kappa shape index (κ2) is 10.6. The number of hydrogen-bond acceptors (Lipinski definition) is 5. The van der Waals surface area contributed by atoms with Crippen molar-refractivity contribution >= 4 is 29.7 Å². The van der Waals surface area contributed by atoms with E-state index in [2.05, 4.69) is 5.32 Å². The Kier molecular flexibility index (Phi) is 8.44. The van der Waals surface area contributed by atoms with Crippen molar-refractivity contribution in [2.45, 2.75) is 57.1 Å². The third-order valence-electron chi connectivity index (χ3n) is 5.00. The summed E-state index contributed by atoms with van der Waals surface area (Å²) in [5.41, 5.74) is 0. The van der Waals surface area contributed by atoms with Gasteiger partial charge in [0.2, 0.25) is 0 Å². The normalized spacial score (nSPS) is 22.8. The van der Waals surface area contributed by atoms with Crippen LogP contribution < -0.4 is 5.32 Å². The molecule has 1 aliphatic heterocycles. The molecule has 0 aromatic carbocycles. The number of carbonyl (C=O) groups is 3. The van der Waals surface area contributed by atoms with Crippen LogP contribution in [0, 0.1) is 5.92 Å². The second-order valence-corrected chi connectivity index (χ2v) is 7.90. The molecule has 0 radical (unpaired) electrons. The summed E-state index contributed by atoms with van der Waals surface area (Å²) in [5.74, 6) is -0.279. The number of carbonyl (C=O) groups excluding carboxylic acids is 2. The molecular formula is C18H28N2O5S. The topological polar surface area (TPSA) is 107 Å². The molecule has 146 valence electrons. The van der Waals surface area contributed by atoms with E-state index in [4.69, 9.17) is 5.11 Å². The molecule has 8 heteroatoms. The van der Waals surface area contributed by atoms with E-state index in [1.54, 1.807) is 0 Å². The molecular weight excluding hydrogens is 356 g/mol. The Morgan fingerprint density at radius 3 is 2.69 bits per heavy atom. The van der Waals surface area contributed by atoms with Crippen molar-refractivity contribution < 1.29 is 24.6 Å². The smallest absolute Gasteiger partial charge is 0.324 e. The fraction of sp³-hybridized carbons (Fsp3) is 0.722. The van der Waals surface area contributed by atoms with E-state index in [0.717, 1.165) is 25.7 Å². The van der Waals surface area contributed by atoms with Crippen molar-refractivity contribution in [1.29, 1.82) is 0 Å². The van der Waals surface area contributed by atoms with Crippen LogP contribution in [0.2, 0.25) is 0 Å². The van der Waals surface area contributed by atoms with E-state index in [9.17, 15) is 19.5 Å². The molecule has 0 bridgehead atoms. The summed E-state index contributed by atoms with van der Waals surface area (Å²) in [4.78, 5) is 36.0. The van der Waals surface area contributed by atoms with Gasteiger partial charge in [0, 0.05) is 12.3 Å². The lowest BCUT2D eigenvalue weighted by atomic mass is 9.84. The Morgan fingerprint density at radius 2 is 2.00 bits per heavy atom. The first-order valence-corrected chi connectivity index (χ1v) is 10.4. The molecule has 1 aliphatic carbocycles. The molecule has 3 N–H and O–H groups in total. The zero-order chi connectivity index (χ0) is 18.9. The second-order valence-electron chi connectivity index (χ2n) is 6.87. The van der Waals surface area contributed by atoms with Gasteiger partial charge in [-0.1, -0.05) is 31.4 Å². The van der Waals surface area contributed by atoms with Crippen LogP contribution in [0.1, 0.15) is 44.9 Å². The minimum Gasteiger partial charge on any atom is -0.481 e. The summed E-state index contributed by atoms with van der Waals surface area (Å²) in [6, 6.07) is -0.953. The first-order valence-electron chi connectivity index (χ1n) is 9.23. The van der Waals surface area contributed by atoms with Crippen LogP contribution in [0.4, 0.5) is 4.79 Å². The molecule has 0 spiro atoms. The molecule has 1 saturated heterocycles. The number of aliphatic hydroxyl groups is 1. The Bertz CT molecular complexity index is 534. The molecule has 2 unspecified atom stereocenters. The van der Waals surface area contributed by atoms with E-state index in [1.807, 2.05) is 12.2 Å². The molecule has 0 aromatic rings. The van der Waals surface area contributed by atoms with Crippen LogP contribution in [0.25, 0.3) is 0 Å². The van der Waals surface area contributed by atoms with Gasteiger partial charge in [-0.05, 0) is 31.6 Å². The number of amides is 3. The first-order chi connectivity index (χ1) is 12.5. The molecule has 7 nitrogen and oxygen atoms in total. The standard InChI is InChI=1S/C18H28N2O5S/c21-15(13-6-2-1-3-7-13)9-10-20-14(17(24)19-18(20)25)8-4-5-11-26-12-16(22)23/h4-5,13-15,21H,1-3,6-12H2,(H,22,23)(H,19,24,25)/b5-4-. The molecule has 2 aliphatic rings. The number of rotatable bonds is 10. The lowest BCUT2D eigenvalue weighted by molar-refractivity contribution is -0.134. The maximum Gasteiger partial charge on any atom is 0.324 e. The Morgan fingerprint density at radius 1 is 1.27 bits per heavy atom. The van der Waals surface area contributed by atoms with Gasteiger partial charge in [0.15, 0.2) is 0 Å². The van der Waals surface area contributed by atoms with Crippen molar-refractivity contribution in [2.75, 3.05) is 18.1 Å². The number of nitrogens with zero attached hydrogens (tertiary/aromatic N) is 1. The fourth-order valence-corrected chi connectivity index (χ4v) is 4.13. The lowest BCUT2D eigenvalue weighted by Gasteiger charge is -2.28. The van der Waals surface area contributed by atoms with Gasteiger partial charge in [-0.3, -0.25) is 14.9 Å². The molecule has 3 amide bonds. The van der Waals surface area contributed by atoms with Crippen LogP contribution in [-0.2, 0) is 9.59 Å². The van der Waals surface area contributed by atoms with Crippen molar-refractivity contribution in [1.82, 2.24) is 10.2 Å². The monoisotopic (exact) mass is 384 g/mol. The molecule has 2 rings (SSSR count).